The third-order valence-electron chi connectivity index (χ3n) is 5.18. The van der Waals surface area contributed by atoms with Gasteiger partial charge >= 0.3 is 0 Å². The maximum absolute atomic E-state index is 13.1. The lowest BCUT2D eigenvalue weighted by Crippen LogP contribution is -2.12. The molecule has 3 aromatic rings. The van der Waals surface area contributed by atoms with Crippen LogP contribution in [0.4, 0.5) is 15.8 Å². The maximum Gasteiger partial charge on any atom is 0.255 e. The first kappa shape index (κ1) is 28.1. The van der Waals surface area contributed by atoms with E-state index in [9.17, 15) is 17.6 Å². The summed E-state index contributed by atoms with van der Waals surface area (Å²) in [6.45, 7) is 0. The quantitative estimate of drug-likeness (QED) is 0.331. The molecule has 1 amide bonds. The molecular weight excluding hydrogens is 515 g/mol. The summed E-state index contributed by atoms with van der Waals surface area (Å²) in [5.41, 5.74) is 1.45. The zero-order valence-corrected chi connectivity index (χ0v) is 22.0. The zero-order valence-electron chi connectivity index (χ0n) is 21.1. The second kappa shape index (κ2) is 12.6. The second-order valence-electron chi connectivity index (χ2n) is 7.68. The van der Waals surface area contributed by atoms with Gasteiger partial charge in [0, 0.05) is 18.2 Å². The van der Waals surface area contributed by atoms with Gasteiger partial charge in [-0.15, -0.1) is 0 Å². The minimum absolute atomic E-state index is 0.182. The fraction of sp³-hybridized carbons (Fsp3) is 0.148. The molecule has 3 rings (SSSR count). The van der Waals surface area contributed by atoms with Gasteiger partial charge in [-0.05, 0) is 48.0 Å². The van der Waals surface area contributed by atoms with Crippen LogP contribution in [0.5, 0.6) is 23.0 Å². The SMILES string of the molecule is COc1cc(OC)c(/C=C/S(=O)(=O)Nc2ccc(OC)c(NC(=O)/C=C\c3ccc(F)cc3)c2)c(OC)c1. The molecule has 0 heterocycles. The highest BCUT2D eigenvalue weighted by Gasteiger charge is 2.14. The standard InChI is InChI=1S/C27H27FN2O7S/c1-34-21-16-25(36-3)22(26(17-21)37-4)13-14-38(32,33)30-20-10-11-24(35-2)23(15-20)29-27(31)12-7-18-5-8-19(28)9-6-18/h5-17,30H,1-4H3,(H,29,31)/b12-7-,14-13+. The number of nitrogens with one attached hydrogen (secondary N) is 2. The number of methoxy groups -OCH3 is 4. The Kier molecular flexibility index (Phi) is 9.33. The number of ether oxygens (including phenoxy) is 4. The van der Waals surface area contributed by atoms with Crippen molar-refractivity contribution in [2.75, 3.05) is 38.5 Å². The molecule has 38 heavy (non-hydrogen) atoms. The molecule has 0 unspecified atom stereocenters. The van der Waals surface area contributed by atoms with Crippen molar-refractivity contribution in [3.8, 4) is 23.0 Å². The van der Waals surface area contributed by atoms with Crippen LogP contribution >= 0.6 is 0 Å². The Labute approximate surface area is 220 Å². The van der Waals surface area contributed by atoms with Gasteiger partial charge in [-0.3, -0.25) is 9.52 Å². The maximum atomic E-state index is 13.1. The molecule has 0 atom stereocenters. The number of rotatable bonds is 11. The predicted octanol–water partition coefficient (Wildman–Crippen LogP) is 4.92. The molecule has 0 bridgehead atoms. The molecule has 200 valence electrons. The number of halogens is 1. The van der Waals surface area contributed by atoms with E-state index in [0.717, 1.165) is 5.41 Å². The highest BCUT2D eigenvalue weighted by atomic mass is 32.2. The fourth-order valence-corrected chi connectivity index (χ4v) is 4.18. The smallest absolute Gasteiger partial charge is 0.255 e. The summed E-state index contributed by atoms with van der Waals surface area (Å²) in [6.07, 6.45) is 4.12. The number of hydrogen-bond donors (Lipinski definition) is 2. The Morgan fingerprint density at radius 3 is 2.03 bits per heavy atom. The van der Waals surface area contributed by atoms with E-state index in [1.165, 1.54) is 89.1 Å². The van der Waals surface area contributed by atoms with Crippen LogP contribution in [0.2, 0.25) is 0 Å². The van der Waals surface area contributed by atoms with E-state index >= 15 is 0 Å². The van der Waals surface area contributed by atoms with E-state index in [1.807, 2.05) is 0 Å². The first-order chi connectivity index (χ1) is 18.2. The van der Waals surface area contributed by atoms with Crippen LogP contribution in [0.15, 0.2) is 66.1 Å². The Morgan fingerprint density at radius 1 is 0.816 bits per heavy atom. The number of hydrogen-bond acceptors (Lipinski definition) is 7. The van der Waals surface area contributed by atoms with E-state index in [2.05, 4.69) is 10.0 Å². The molecule has 0 radical (unpaired) electrons. The number of anilines is 2. The van der Waals surface area contributed by atoms with Crippen LogP contribution in [-0.2, 0) is 14.8 Å². The molecule has 9 nitrogen and oxygen atoms in total. The van der Waals surface area contributed by atoms with Crippen LogP contribution < -0.4 is 29.0 Å². The third-order valence-corrected chi connectivity index (χ3v) is 6.20. The van der Waals surface area contributed by atoms with Gasteiger partial charge in [0.15, 0.2) is 0 Å². The lowest BCUT2D eigenvalue weighted by atomic mass is 10.1. The number of sulfonamides is 1. The van der Waals surface area contributed by atoms with Crippen molar-refractivity contribution in [3.63, 3.8) is 0 Å². The molecule has 0 saturated heterocycles. The molecule has 0 aliphatic carbocycles. The Morgan fingerprint density at radius 2 is 1.45 bits per heavy atom. The molecule has 11 heteroatoms. The monoisotopic (exact) mass is 542 g/mol. The lowest BCUT2D eigenvalue weighted by Gasteiger charge is -2.13. The van der Waals surface area contributed by atoms with Crippen molar-refractivity contribution < 1.29 is 36.6 Å². The molecule has 0 aliphatic rings. The normalized spacial score (nSPS) is 11.4. The molecule has 0 aliphatic heterocycles. The van der Waals surface area contributed by atoms with E-state index in [0.29, 0.717) is 34.1 Å². The molecule has 0 aromatic heterocycles. The topological polar surface area (TPSA) is 112 Å². The Balaban J connectivity index is 1.79. The van der Waals surface area contributed by atoms with Crippen molar-refractivity contribution in [1.29, 1.82) is 0 Å². The third kappa shape index (κ3) is 7.50. The highest BCUT2D eigenvalue weighted by Crippen LogP contribution is 2.35. The first-order valence-electron chi connectivity index (χ1n) is 11.1. The van der Waals surface area contributed by atoms with Gasteiger partial charge in [-0.1, -0.05) is 12.1 Å². The Hall–Kier alpha value is -4.51. The summed E-state index contributed by atoms with van der Waals surface area (Å²) in [6, 6.07) is 13.2. The van der Waals surface area contributed by atoms with Gasteiger partial charge in [0.2, 0.25) is 5.91 Å². The van der Waals surface area contributed by atoms with Gasteiger partial charge in [-0.2, -0.15) is 0 Å². The van der Waals surface area contributed by atoms with Crippen LogP contribution in [0.3, 0.4) is 0 Å². The molecule has 3 aromatic carbocycles. The van der Waals surface area contributed by atoms with Crippen LogP contribution in [-0.4, -0.2) is 42.8 Å². The van der Waals surface area contributed by atoms with Gasteiger partial charge in [0.1, 0.15) is 28.8 Å². The van der Waals surface area contributed by atoms with Crippen LogP contribution in [0.25, 0.3) is 12.2 Å². The second-order valence-corrected chi connectivity index (χ2v) is 9.25. The number of amides is 1. The number of benzene rings is 3. The van der Waals surface area contributed by atoms with Gasteiger partial charge < -0.3 is 24.3 Å². The Bertz CT molecular complexity index is 1430. The zero-order chi connectivity index (χ0) is 27.7. The van der Waals surface area contributed by atoms with E-state index in [1.54, 1.807) is 12.1 Å². The molecule has 0 spiro atoms. The summed E-state index contributed by atoms with van der Waals surface area (Å²) in [5.74, 6) is 0.641. The van der Waals surface area contributed by atoms with Crippen molar-refractivity contribution >= 4 is 39.5 Å². The van der Waals surface area contributed by atoms with E-state index in [-0.39, 0.29) is 17.2 Å². The largest absolute Gasteiger partial charge is 0.496 e. The summed E-state index contributed by atoms with van der Waals surface area (Å²) in [5, 5.41) is 3.61. The van der Waals surface area contributed by atoms with Gasteiger partial charge in [0.25, 0.3) is 10.0 Å². The van der Waals surface area contributed by atoms with Gasteiger partial charge in [0.05, 0.1) is 50.8 Å². The lowest BCUT2D eigenvalue weighted by molar-refractivity contribution is -0.111. The molecule has 2 N–H and O–H groups in total. The molecular formula is C27H27FN2O7S. The summed E-state index contributed by atoms with van der Waals surface area (Å²) < 4.78 is 62.3. The van der Waals surface area contributed by atoms with Gasteiger partial charge in [-0.25, -0.2) is 12.8 Å². The summed E-state index contributed by atoms with van der Waals surface area (Å²) in [7, 11) is 1.82. The van der Waals surface area contributed by atoms with Crippen molar-refractivity contribution in [2.24, 2.45) is 0 Å². The number of carbonyl (C=O) groups excluding carboxylic acids is 1. The van der Waals surface area contributed by atoms with Crippen LogP contribution in [0, 0.1) is 5.82 Å². The number of carbonyl (C=O) groups is 1. The predicted molar refractivity (Wildman–Crippen MR) is 145 cm³/mol. The fourth-order valence-electron chi connectivity index (χ4n) is 3.34. The van der Waals surface area contributed by atoms with E-state index in [4.69, 9.17) is 18.9 Å². The minimum Gasteiger partial charge on any atom is -0.496 e. The average molecular weight is 543 g/mol. The molecule has 0 fully saturated rings. The first-order valence-corrected chi connectivity index (χ1v) is 12.7. The summed E-state index contributed by atoms with van der Waals surface area (Å²) in [4.78, 5) is 12.4. The van der Waals surface area contributed by atoms with Crippen molar-refractivity contribution in [3.05, 3.63) is 83.0 Å². The average Bonchev–Trinajstić information content (AvgIpc) is 2.91. The highest BCUT2D eigenvalue weighted by molar-refractivity contribution is 7.95. The van der Waals surface area contributed by atoms with Crippen LogP contribution in [0.1, 0.15) is 11.1 Å². The van der Waals surface area contributed by atoms with Crippen molar-refractivity contribution in [1.82, 2.24) is 0 Å². The minimum atomic E-state index is -3.98. The van der Waals surface area contributed by atoms with E-state index < -0.39 is 15.9 Å². The molecule has 0 saturated carbocycles. The van der Waals surface area contributed by atoms with Crippen molar-refractivity contribution in [2.45, 2.75) is 0 Å². The summed E-state index contributed by atoms with van der Waals surface area (Å²) >= 11 is 0.